The van der Waals surface area contributed by atoms with Crippen molar-refractivity contribution in [2.75, 3.05) is 14.2 Å². The lowest BCUT2D eigenvalue weighted by atomic mass is 10.1. The molecule has 0 aliphatic rings. The maximum Gasteiger partial charge on any atom is 0.240 e. The molecule has 3 N–H and O–H groups in total. The monoisotopic (exact) mass is 278 g/mol. The summed E-state index contributed by atoms with van der Waals surface area (Å²) in [5.74, 6) is 7.85. The third-order valence-electron chi connectivity index (χ3n) is 2.90. The number of methoxy groups -OCH3 is 2. The fraction of sp³-hybridized carbons (Fsp3) is 0.385. The number of nitrogens with two attached hydrogens (primary N) is 1. The number of furan rings is 1. The molecule has 0 aliphatic heterocycles. The second-order valence-corrected chi connectivity index (χ2v) is 4.06. The van der Waals surface area contributed by atoms with E-state index in [0.29, 0.717) is 23.2 Å². The minimum Gasteiger partial charge on any atom is -0.480 e. The Hall–Kier alpha value is -2.12. The number of hydrazine groups is 1. The number of aromatic nitrogens is 2. The van der Waals surface area contributed by atoms with Crippen molar-refractivity contribution in [2.24, 2.45) is 5.84 Å². The molecule has 1 atom stereocenters. The summed E-state index contributed by atoms with van der Waals surface area (Å²) in [5, 5.41) is 0. The van der Waals surface area contributed by atoms with Gasteiger partial charge in [-0.25, -0.2) is 10.4 Å². The Balaban J connectivity index is 2.40. The molecule has 1 unspecified atom stereocenters. The average molecular weight is 278 g/mol. The van der Waals surface area contributed by atoms with E-state index < -0.39 is 6.04 Å². The molecule has 2 rings (SSSR count). The van der Waals surface area contributed by atoms with Gasteiger partial charge in [-0.2, -0.15) is 4.98 Å². The SMILES string of the molecule is CCc1ccc(C(NN)c2ncc(OC)nc2OC)o1. The molecule has 0 saturated carbocycles. The van der Waals surface area contributed by atoms with Crippen molar-refractivity contribution < 1.29 is 13.9 Å². The largest absolute Gasteiger partial charge is 0.480 e. The van der Waals surface area contributed by atoms with Crippen molar-refractivity contribution in [1.82, 2.24) is 15.4 Å². The van der Waals surface area contributed by atoms with Crippen LogP contribution in [-0.4, -0.2) is 24.2 Å². The van der Waals surface area contributed by atoms with Crippen LogP contribution in [0.25, 0.3) is 0 Å². The molecule has 0 fully saturated rings. The van der Waals surface area contributed by atoms with E-state index in [9.17, 15) is 0 Å². The fourth-order valence-corrected chi connectivity index (χ4v) is 1.85. The molecule has 0 amide bonds. The molecule has 0 aliphatic carbocycles. The van der Waals surface area contributed by atoms with Crippen molar-refractivity contribution in [3.63, 3.8) is 0 Å². The first kappa shape index (κ1) is 14.3. The van der Waals surface area contributed by atoms with Crippen LogP contribution in [0.3, 0.4) is 0 Å². The normalized spacial score (nSPS) is 12.2. The topological polar surface area (TPSA) is 95.4 Å². The molecule has 0 aromatic carbocycles. The van der Waals surface area contributed by atoms with E-state index in [2.05, 4.69) is 15.4 Å². The highest BCUT2D eigenvalue weighted by Gasteiger charge is 2.23. The van der Waals surface area contributed by atoms with E-state index in [-0.39, 0.29) is 0 Å². The second kappa shape index (κ2) is 6.36. The van der Waals surface area contributed by atoms with Gasteiger partial charge in [0.25, 0.3) is 0 Å². The van der Waals surface area contributed by atoms with Crippen LogP contribution in [0.2, 0.25) is 0 Å². The van der Waals surface area contributed by atoms with Gasteiger partial charge >= 0.3 is 0 Å². The van der Waals surface area contributed by atoms with Gasteiger partial charge in [0.15, 0.2) is 0 Å². The van der Waals surface area contributed by atoms with Crippen molar-refractivity contribution >= 4 is 0 Å². The Morgan fingerprint density at radius 1 is 1.35 bits per heavy atom. The highest BCUT2D eigenvalue weighted by molar-refractivity contribution is 5.31. The number of nitrogens with zero attached hydrogens (tertiary/aromatic N) is 2. The zero-order chi connectivity index (χ0) is 14.5. The van der Waals surface area contributed by atoms with Crippen molar-refractivity contribution in [1.29, 1.82) is 0 Å². The van der Waals surface area contributed by atoms with E-state index in [1.807, 2.05) is 19.1 Å². The van der Waals surface area contributed by atoms with E-state index in [1.54, 1.807) is 0 Å². The zero-order valence-electron chi connectivity index (χ0n) is 11.7. The number of ether oxygens (including phenoxy) is 2. The predicted octanol–water partition coefficient (Wildman–Crippen LogP) is 1.20. The molecule has 2 aromatic heterocycles. The van der Waals surface area contributed by atoms with Crippen LogP contribution in [0.15, 0.2) is 22.7 Å². The molecule has 0 saturated heterocycles. The van der Waals surface area contributed by atoms with Crippen LogP contribution in [0.1, 0.15) is 30.2 Å². The van der Waals surface area contributed by atoms with E-state index in [1.165, 1.54) is 20.4 Å². The molecule has 2 aromatic rings. The summed E-state index contributed by atoms with van der Waals surface area (Å²) in [4.78, 5) is 8.47. The van der Waals surface area contributed by atoms with E-state index in [0.717, 1.165) is 12.2 Å². The van der Waals surface area contributed by atoms with Crippen LogP contribution in [0.5, 0.6) is 11.8 Å². The Bertz CT molecular complexity index is 570. The highest BCUT2D eigenvalue weighted by Crippen LogP contribution is 2.28. The zero-order valence-corrected chi connectivity index (χ0v) is 11.7. The van der Waals surface area contributed by atoms with Crippen LogP contribution < -0.4 is 20.7 Å². The van der Waals surface area contributed by atoms with Crippen molar-refractivity contribution in [3.05, 3.63) is 35.5 Å². The molecule has 2 heterocycles. The molecule has 7 nitrogen and oxygen atoms in total. The number of hydrogen-bond acceptors (Lipinski definition) is 7. The van der Waals surface area contributed by atoms with Gasteiger partial charge < -0.3 is 13.9 Å². The van der Waals surface area contributed by atoms with Gasteiger partial charge in [-0.05, 0) is 12.1 Å². The van der Waals surface area contributed by atoms with Crippen LogP contribution >= 0.6 is 0 Å². The summed E-state index contributed by atoms with van der Waals surface area (Å²) >= 11 is 0. The molecular weight excluding hydrogens is 260 g/mol. The molecule has 20 heavy (non-hydrogen) atoms. The Morgan fingerprint density at radius 2 is 2.15 bits per heavy atom. The predicted molar refractivity (Wildman–Crippen MR) is 72.4 cm³/mol. The molecule has 0 bridgehead atoms. The summed E-state index contributed by atoms with van der Waals surface area (Å²) in [6.45, 7) is 2.02. The lowest BCUT2D eigenvalue weighted by Crippen LogP contribution is -2.29. The number of nitrogens with one attached hydrogen (secondary N) is 1. The minimum absolute atomic E-state index is 0.335. The van der Waals surface area contributed by atoms with Gasteiger partial charge in [-0.1, -0.05) is 6.92 Å². The third kappa shape index (κ3) is 2.73. The van der Waals surface area contributed by atoms with Gasteiger partial charge in [-0.3, -0.25) is 5.84 Å². The molecule has 0 radical (unpaired) electrons. The first-order valence-corrected chi connectivity index (χ1v) is 6.23. The van der Waals surface area contributed by atoms with Crippen LogP contribution in [0.4, 0.5) is 0 Å². The van der Waals surface area contributed by atoms with Crippen LogP contribution in [0, 0.1) is 0 Å². The quantitative estimate of drug-likeness (QED) is 0.605. The van der Waals surface area contributed by atoms with Crippen LogP contribution in [-0.2, 0) is 6.42 Å². The molecule has 108 valence electrons. The standard InChI is InChI=1S/C13H18N4O3/c1-4-8-5-6-9(20-8)11(17-14)12-13(19-3)16-10(18-2)7-15-12/h5-7,11,17H,4,14H2,1-3H3. The molecular formula is C13H18N4O3. The van der Waals surface area contributed by atoms with Crippen molar-refractivity contribution in [3.8, 4) is 11.8 Å². The average Bonchev–Trinajstić information content (AvgIpc) is 2.97. The first-order chi connectivity index (χ1) is 9.73. The van der Waals surface area contributed by atoms with Gasteiger partial charge in [0.05, 0.1) is 20.4 Å². The summed E-state index contributed by atoms with van der Waals surface area (Å²) in [6, 6.07) is 3.32. The van der Waals surface area contributed by atoms with E-state index >= 15 is 0 Å². The lowest BCUT2D eigenvalue weighted by molar-refractivity contribution is 0.346. The Kier molecular flexibility index (Phi) is 4.54. The minimum atomic E-state index is -0.441. The molecule has 7 heteroatoms. The third-order valence-corrected chi connectivity index (χ3v) is 2.90. The van der Waals surface area contributed by atoms with Crippen molar-refractivity contribution in [2.45, 2.75) is 19.4 Å². The Labute approximate surface area is 117 Å². The lowest BCUT2D eigenvalue weighted by Gasteiger charge is -2.15. The van der Waals surface area contributed by atoms with Gasteiger partial charge in [0.2, 0.25) is 11.8 Å². The second-order valence-electron chi connectivity index (χ2n) is 4.06. The van der Waals surface area contributed by atoms with Gasteiger partial charge in [-0.15, -0.1) is 0 Å². The summed E-state index contributed by atoms with van der Waals surface area (Å²) in [6.07, 6.45) is 2.31. The summed E-state index contributed by atoms with van der Waals surface area (Å²) in [7, 11) is 3.03. The number of hydrogen-bond donors (Lipinski definition) is 2. The van der Waals surface area contributed by atoms with E-state index in [4.69, 9.17) is 19.7 Å². The van der Waals surface area contributed by atoms with Gasteiger partial charge in [0.1, 0.15) is 23.3 Å². The fourth-order valence-electron chi connectivity index (χ4n) is 1.85. The Morgan fingerprint density at radius 3 is 2.70 bits per heavy atom. The summed E-state index contributed by atoms with van der Waals surface area (Å²) in [5.41, 5.74) is 3.20. The smallest absolute Gasteiger partial charge is 0.240 e. The maximum absolute atomic E-state index is 5.70. The first-order valence-electron chi connectivity index (χ1n) is 6.23. The maximum atomic E-state index is 5.70. The highest BCUT2D eigenvalue weighted by atomic mass is 16.5. The number of aryl methyl sites for hydroxylation is 1. The number of rotatable bonds is 6. The molecule has 0 spiro atoms. The van der Waals surface area contributed by atoms with Gasteiger partial charge in [0, 0.05) is 6.42 Å². The summed E-state index contributed by atoms with van der Waals surface area (Å²) < 4.78 is 16.0.